The molecule has 202 valence electrons. The first-order valence-electron chi connectivity index (χ1n) is 13.0. The molecular weight excluding hydrogens is 513 g/mol. The topological polar surface area (TPSA) is 73.9 Å². The van der Waals surface area contributed by atoms with Crippen LogP contribution in [0.15, 0.2) is 42.5 Å². The van der Waals surface area contributed by atoms with Gasteiger partial charge in [0.05, 0.1) is 7.11 Å². The molecule has 0 aromatic heterocycles. The van der Waals surface area contributed by atoms with Crippen LogP contribution in [0, 0.1) is 11.8 Å². The molecule has 37 heavy (non-hydrogen) atoms. The van der Waals surface area contributed by atoms with Gasteiger partial charge in [-0.05, 0) is 79.0 Å². The van der Waals surface area contributed by atoms with Crippen LogP contribution in [0.4, 0.5) is 0 Å². The Balaban J connectivity index is 1.71. The van der Waals surface area contributed by atoms with Gasteiger partial charge in [0.25, 0.3) is 5.91 Å². The van der Waals surface area contributed by atoms with Gasteiger partial charge >= 0.3 is 5.97 Å². The van der Waals surface area contributed by atoms with Gasteiger partial charge in [-0.3, -0.25) is 9.59 Å². The van der Waals surface area contributed by atoms with Gasteiger partial charge in [0.1, 0.15) is 6.10 Å². The molecule has 0 bridgehead atoms. The molecule has 1 unspecified atom stereocenters. The SMILES string of the molecule is CC[C@H](CNC(=O)c1cc(Cl)cc(C(OCCCC(=O)OC)c2cccc(Cl)c2)c1)C[C@H]1CCCOC1. The number of ether oxygens (including phenoxy) is 3. The second kappa shape index (κ2) is 15.3. The summed E-state index contributed by atoms with van der Waals surface area (Å²) in [7, 11) is 1.36. The summed E-state index contributed by atoms with van der Waals surface area (Å²) in [6.07, 6.45) is 4.59. The highest BCUT2D eigenvalue weighted by atomic mass is 35.5. The van der Waals surface area contributed by atoms with Gasteiger partial charge in [0.2, 0.25) is 0 Å². The molecule has 0 saturated carbocycles. The number of esters is 1. The van der Waals surface area contributed by atoms with Crippen LogP contribution in [0.3, 0.4) is 0 Å². The Bertz CT molecular complexity index is 1030. The van der Waals surface area contributed by atoms with Crippen molar-refractivity contribution < 1.29 is 23.8 Å². The van der Waals surface area contributed by atoms with Gasteiger partial charge in [-0.25, -0.2) is 0 Å². The van der Waals surface area contributed by atoms with Gasteiger partial charge in [-0.2, -0.15) is 0 Å². The van der Waals surface area contributed by atoms with Crippen LogP contribution >= 0.6 is 23.2 Å². The molecule has 0 spiro atoms. The van der Waals surface area contributed by atoms with E-state index in [1.165, 1.54) is 13.5 Å². The predicted molar refractivity (Wildman–Crippen MR) is 146 cm³/mol. The third-order valence-corrected chi connectivity index (χ3v) is 7.18. The van der Waals surface area contributed by atoms with Crippen molar-refractivity contribution >= 4 is 35.1 Å². The number of benzene rings is 2. The number of rotatable bonds is 13. The quantitative estimate of drug-likeness (QED) is 0.224. The van der Waals surface area contributed by atoms with Crippen LogP contribution in [-0.2, 0) is 19.0 Å². The second-order valence-corrected chi connectivity index (χ2v) is 10.4. The Morgan fingerprint density at radius 2 is 1.95 bits per heavy atom. The summed E-state index contributed by atoms with van der Waals surface area (Å²) in [4.78, 5) is 24.6. The third kappa shape index (κ3) is 9.60. The molecule has 2 aromatic carbocycles. The number of carbonyl (C=O) groups is 2. The molecule has 2 aromatic rings. The first-order chi connectivity index (χ1) is 17.9. The lowest BCUT2D eigenvalue weighted by atomic mass is 9.89. The average molecular weight is 551 g/mol. The summed E-state index contributed by atoms with van der Waals surface area (Å²) in [5.41, 5.74) is 2.05. The van der Waals surface area contributed by atoms with E-state index in [1.54, 1.807) is 18.2 Å². The van der Waals surface area contributed by atoms with Gasteiger partial charge in [-0.15, -0.1) is 0 Å². The largest absolute Gasteiger partial charge is 0.469 e. The second-order valence-electron chi connectivity index (χ2n) is 9.56. The molecule has 1 fully saturated rings. The van der Waals surface area contributed by atoms with Crippen molar-refractivity contribution in [1.82, 2.24) is 5.32 Å². The Hall–Kier alpha value is -2.12. The lowest BCUT2D eigenvalue weighted by Crippen LogP contribution is -2.31. The maximum atomic E-state index is 13.1. The molecule has 8 heteroatoms. The van der Waals surface area contributed by atoms with Crippen molar-refractivity contribution in [2.24, 2.45) is 11.8 Å². The van der Waals surface area contributed by atoms with Gasteiger partial charge < -0.3 is 19.5 Å². The van der Waals surface area contributed by atoms with E-state index in [1.807, 2.05) is 24.3 Å². The Labute approximate surface area is 230 Å². The van der Waals surface area contributed by atoms with Crippen molar-refractivity contribution in [2.45, 2.75) is 51.6 Å². The van der Waals surface area contributed by atoms with Crippen molar-refractivity contribution in [2.75, 3.05) is 33.5 Å². The van der Waals surface area contributed by atoms with Gasteiger partial charge in [0.15, 0.2) is 0 Å². The highest BCUT2D eigenvalue weighted by molar-refractivity contribution is 6.31. The van der Waals surface area contributed by atoms with Crippen LogP contribution in [-0.4, -0.2) is 45.4 Å². The van der Waals surface area contributed by atoms with E-state index in [4.69, 9.17) is 37.4 Å². The summed E-state index contributed by atoms with van der Waals surface area (Å²) in [5.74, 6) is 0.499. The molecule has 1 saturated heterocycles. The average Bonchev–Trinajstić information content (AvgIpc) is 2.90. The number of methoxy groups -OCH3 is 1. The maximum Gasteiger partial charge on any atom is 0.305 e. The fourth-order valence-corrected chi connectivity index (χ4v) is 5.11. The van der Waals surface area contributed by atoms with E-state index in [2.05, 4.69) is 12.2 Å². The molecule has 3 rings (SSSR count). The highest BCUT2D eigenvalue weighted by Gasteiger charge is 2.21. The van der Waals surface area contributed by atoms with Crippen LogP contribution in [0.1, 0.15) is 73.0 Å². The summed E-state index contributed by atoms with van der Waals surface area (Å²) in [6.45, 7) is 4.75. The minimum atomic E-state index is -0.503. The molecule has 1 aliphatic heterocycles. The Morgan fingerprint density at radius 3 is 2.65 bits per heavy atom. The lowest BCUT2D eigenvalue weighted by Gasteiger charge is -2.26. The van der Waals surface area contributed by atoms with Crippen molar-refractivity contribution in [1.29, 1.82) is 0 Å². The zero-order chi connectivity index (χ0) is 26.6. The Kier molecular flexibility index (Phi) is 12.2. The third-order valence-electron chi connectivity index (χ3n) is 6.72. The number of nitrogens with one attached hydrogen (secondary N) is 1. The fourth-order valence-electron chi connectivity index (χ4n) is 4.67. The van der Waals surface area contributed by atoms with E-state index in [9.17, 15) is 9.59 Å². The molecular formula is C29H37Cl2NO5. The summed E-state index contributed by atoms with van der Waals surface area (Å²) >= 11 is 12.7. The first-order valence-corrected chi connectivity index (χ1v) is 13.8. The summed E-state index contributed by atoms with van der Waals surface area (Å²) in [5, 5.41) is 4.12. The van der Waals surface area contributed by atoms with E-state index in [0.29, 0.717) is 47.0 Å². The van der Waals surface area contributed by atoms with E-state index in [0.717, 1.165) is 43.6 Å². The van der Waals surface area contributed by atoms with Crippen molar-refractivity contribution in [3.05, 3.63) is 69.2 Å². The Morgan fingerprint density at radius 1 is 1.14 bits per heavy atom. The minimum Gasteiger partial charge on any atom is -0.469 e. The van der Waals surface area contributed by atoms with Crippen molar-refractivity contribution in [3.8, 4) is 0 Å². The molecule has 1 heterocycles. The number of hydrogen-bond donors (Lipinski definition) is 1. The smallest absolute Gasteiger partial charge is 0.305 e. The zero-order valence-corrected chi connectivity index (χ0v) is 23.2. The van der Waals surface area contributed by atoms with Gasteiger partial charge in [0, 0.05) is 48.4 Å². The van der Waals surface area contributed by atoms with E-state index in [-0.39, 0.29) is 18.3 Å². The lowest BCUT2D eigenvalue weighted by molar-refractivity contribution is -0.141. The summed E-state index contributed by atoms with van der Waals surface area (Å²) < 4.78 is 16.5. The van der Waals surface area contributed by atoms with Crippen LogP contribution < -0.4 is 5.32 Å². The minimum absolute atomic E-state index is 0.169. The molecule has 1 aliphatic rings. The van der Waals surface area contributed by atoms with Crippen molar-refractivity contribution in [3.63, 3.8) is 0 Å². The zero-order valence-electron chi connectivity index (χ0n) is 21.6. The molecule has 0 aliphatic carbocycles. The maximum absolute atomic E-state index is 13.1. The van der Waals surface area contributed by atoms with Crippen LogP contribution in [0.2, 0.25) is 10.0 Å². The fraction of sp³-hybridized carbons (Fsp3) is 0.517. The van der Waals surface area contributed by atoms with E-state index < -0.39 is 6.10 Å². The molecule has 3 atom stereocenters. The number of hydrogen-bond acceptors (Lipinski definition) is 5. The molecule has 1 N–H and O–H groups in total. The number of halogens is 2. The van der Waals surface area contributed by atoms with Gasteiger partial charge in [-0.1, -0.05) is 48.7 Å². The predicted octanol–water partition coefficient (Wildman–Crippen LogP) is 6.63. The monoisotopic (exact) mass is 549 g/mol. The number of carbonyl (C=O) groups excluding carboxylic acids is 2. The first kappa shape index (κ1) is 29.4. The standard InChI is InChI=1S/C29H37Cl2NO5/c1-3-20(13-21-7-5-11-36-19-21)18-32-29(34)24-14-23(16-26(31)17-24)28(22-8-4-9-25(30)15-22)37-12-6-10-27(33)35-2/h4,8-9,14-17,20-21,28H,3,5-7,10-13,18-19H2,1-2H3,(H,32,34)/t20-,21+,28?/m0/s1. The summed E-state index contributed by atoms with van der Waals surface area (Å²) in [6, 6.07) is 12.7. The molecule has 0 radical (unpaired) electrons. The molecule has 1 amide bonds. The van der Waals surface area contributed by atoms with Crippen LogP contribution in [0.5, 0.6) is 0 Å². The van der Waals surface area contributed by atoms with Crippen LogP contribution in [0.25, 0.3) is 0 Å². The number of amides is 1. The highest BCUT2D eigenvalue weighted by Crippen LogP contribution is 2.31. The van der Waals surface area contributed by atoms with E-state index >= 15 is 0 Å². The molecule has 6 nitrogen and oxygen atoms in total. The normalized spacial score (nSPS) is 17.1.